The van der Waals surface area contributed by atoms with Crippen LogP contribution >= 0.6 is 11.6 Å². The van der Waals surface area contributed by atoms with E-state index in [0.29, 0.717) is 13.1 Å². The second kappa shape index (κ2) is 10.1. The Hall–Kier alpha value is -3.22. The smallest absolute Gasteiger partial charge is 0.338 e. The van der Waals surface area contributed by atoms with Crippen LogP contribution in [0.15, 0.2) is 41.3 Å². The number of benzene rings is 2. The maximum atomic E-state index is 12.9. The lowest BCUT2D eigenvalue weighted by Crippen LogP contribution is -2.28. The molecule has 1 heterocycles. The van der Waals surface area contributed by atoms with Gasteiger partial charge in [0.05, 0.1) is 17.6 Å². The van der Waals surface area contributed by atoms with E-state index in [1.807, 2.05) is 0 Å². The molecule has 0 bridgehead atoms. The lowest BCUT2D eigenvalue weighted by molar-refractivity contribution is -0.383. The van der Waals surface area contributed by atoms with Crippen LogP contribution in [0.4, 0.5) is 11.4 Å². The van der Waals surface area contributed by atoms with Gasteiger partial charge in [0, 0.05) is 24.2 Å². The van der Waals surface area contributed by atoms with Crippen LogP contribution in [0.5, 0.6) is 5.75 Å². The zero-order valence-electron chi connectivity index (χ0n) is 17.4. The molecule has 1 amide bonds. The number of methoxy groups -OCH3 is 1. The van der Waals surface area contributed by atoms with E-state index in [2.05, 4.69) is 5.32 Å². The zero-order chi connectivity index (χ0) is 24.2. The molecule has 11 nitrogen and oxygen atoms in total. The first-order valence-corrected chi connectivity index (χ1v) is 11.5. The number of carbonyl (C=O) groups is 2. The summed E-state index contributed by atoms with van der Waals surface area (Å²) >= 11 is 5.81. The van der Waals surface area contributed by atoms with Crippen molar-refractivity contribution in [1.29, 1.82) is 0 Å². The van der Waals surface area contributed by atoms with Crippen molar-refractivity contribution in [3.05, 3.63) is 57.1 Å². The van der Waals surface area contributed by atoms with Gasteiger partial charge in [0.1, 0.15) is 16.3 Å². The lowest BCUT2D eigenvalue weighted by Gasteiger charge is -2.18. The van der Waals surface area contributed by atoms with E-state index in [4.69, 9.17) is 21.1 Å². The minimum absolute atomic E-state index is 0.0736. The molecule has 1 saturated heterocycles. The number of anilines is 1. The number of nitrogens with zero attached hydrogens (tertiary/aromatic N) is 2. The van der Waals surface area contributed by atoms with Gasteiger partial charge in [0.2, 0.25) is 10.0 Å². The molecule has 33 heavy (non-hydrogen) atoms. The van der Waals surface area contributed by atoms with Gasteiger partial charge in [-0.2, -0.15) is 4.31 Å². The van der Waals surface area contributed by atoms with Gasteiger partial charge in [-0.15, -0.1) is 0 Å². The van der Waals surface area contributed by atoms with E-state index in [1.165, 1.54) is 35.7 Å². The lowest BCUT2D eigenvalue weighted by atomic mass is 10.2. The molecule has 0 radical (unpaired) electrons. The Kier molecular flexibility index (Phi) is 7.51. The first kappa shape index (κ1) is 24.4. The Labute approximate surface area is 194 Å². The van der Waals surface area contributed by atoms with Gasteiger partial charge in [-0.1, -0.05) is 11.6 Å². The molecule has 3 rings (SSSR count). The summed E-state index contributed by atoms with van der Waals surface area (Å²) in [5.74, 6) is -1.72. The summed E-state index contributed by atoms with van der Waals surface area (Å²) in [6.07, 6.45) is 1.48. The van der Waals surface area contributed by atoms with E-state index < -0.39 is 33.4 Å². The Bertz CT molecular complexity index is 1200. The molecule has 1 aliphatic rings. The summed E-state index contributed by atoms with van der Waals surface area (Å²) in [5.41, 5.74) is -0.641. The van der Waals surface area contributed by atoms with Gasteiger partial charge in [0.15, 0.2) is 6.61 Å². The fourth-order valence-electron chi connectivity index (χ4n) is 3.24. The van der Waals surface area contributed by atoms with Crippen LogP contribution in [0.1, 0.15) is 23.2 Å². The number of hydrogen-bond donors (Lipinski definition) is 1. The SMILES string of the molecule is COc1ccc(C(=O)OCC(=O)Nc2cc(Cl)ccc2[N+](=O)[O-])cc1S(=O)(=O)N1CCCC1. The fourth-order valence-corrected chi connectivity index (χ4v) is 5.11. The fraction of sp³-hybridized carbons (Fsp3) is 0.300. The molecule has 1 fully saturated rings. The predicted molar refractivity (Wildman–Crippen MR) is 118 cm³/mol. The highest BCUT2D eigenvalue weighted by Crippen LogP contribution is 2.30. The van der Waals surface area contributed by atoms with E-state index in [-0.39, 0.29) is 32.6 Å². The molecule has 0 aliphatic carbocycles. The van der Waals surface area contributed by atoms with Crippen molar-refractivity contribution in [3.63, 3.8) is 0 Å². The largest absolute Gasteiger partial charge is 0.495 e. The standard InChI is InChI=1S/C20H20ClN3O8S/c1-31-17-7-4-13(10-18(17)33(29,30)23-8-2-3-9-23)20(26)32-12-19(25)22-15-11-14(21)5-6-16(15)24(27)28/h4-7,10-11H,2-3,8-9,12H2,1H3,(H,22,25). The van der Waals surface area contributed by atoms with Crippen molar-refractivity contribution < 1.29 is 32.4 Å². The van der Waals surface area contributed by atoms with Crippen LogP contribution in [-0.2, 0) is 19.6 Å². The first-order chi connectivity index (χ1) is 15.6. The Morgan fingerprint density at radius 2 is 1.88 bits per heavy atom. The topological polar surface area (TPSA) is 145 Å². The van der Waals surface area contributed by atoms with Crippen molar-refractivity contribution in [3.8, 4) is 5.75 Å². The Morgan fingerprint density at radius 1 is 1.18 bits per heavy atom. The summed E-state index contributed by atoms with van der Waals surface area (Å²) in [5, 5.41) is 13.5. The van der Waals surface area contributed by atoms with Crippen LogP contribution in [0.2, 0.25) is 5.02 Å². The number of nitro benzene ring substituents is 1. The third-order valence-electron chi connectivity index (χ3n) is 4.85. The molecule has 0 spiro atoms. The molecule has 0 saturated carbocycles. The molecular formula is C20H20ClN3O8S. The highest BCUT2D eigenvalue weighted by molar-refractivity contribution is 7.89. The number of amides is 1. The number of sulfonamides is 1. The van der Waals surface area contributed by atoms with E-state index in [9.17, 15) is 28.1 Å². The molecule has 0 aromatic heterocycles. The molecular weight excluding hydrogens is 478 g/mol. The maximum Gasteiger partial charge on any atom is 0.338 e. The van der Waals surface area contributed by atoms with Crippen LogP contribution < -0.4 is 10.1 Å². The highest BCUT2D eigenvalue weighted by atomic mass is 35.5. The van der Waals surface area contributed by atoms with Crippen LogP contribution in [0, 0.1) is 10.1 Å². The number of rotatable bonds is 8. The predicted octanol–water partition coefficient (Wildman–Crippen LogP) is 2.84. The van der Waals surface area contributed by atoms with Crippen LogP contribution in [0.3, 0.4) is 0 Å². The summed E-state index contributed by atoms with van der Waals surface area (Å²) in [7, 11) is -2.57. The maximum absolute atomic E-state index is 12.9. The van der Waals surface area contributed by atoms with Gasteiger partial charge < -0.3 is 14.8 Å². The minimum atomic E-state index is -3.88. The van der Waals surface area contributed by atoms with Crippen molar-refractivity contribution in [2.24, 2.45) is 0 Å². The zero-order valence-corrected chi connectivity index (χ0v) is 19.0. The second-order valence-corrected chi connectivity index (χ2v) is 9.36. The molecule has 13 heteroatoms. The Balaban J connectivity index is 1.73. The average molecular weight is 498 g/mol. The highest BCUT2D eigenvalue weighted by Gasteiger charge is 2.31. The molecule has 1 aliphatic heterocycles. The number of halogens is 1. The minimum Gasteiger partial charge on any atom is -0.495 e. The van der Waals surface area contributed by atoms with Gasteiger partial charge in [-0.3, -0.25) is 14.9 Å². The number of hydrogen-bond acceptors (Lipinski definition) is 8. The van der Waals surface area contributed by atoms with Crippen molar-refractivity contribution >= 4 is 44.9 Å². The summed E-state index contributed by atoms with van der Waals surface area (Å²) < 4.78 is 37.3. The van der Waals surface area contributed by atoms with Gasteiger partial charge in [-0.05, 0) is 43.2 Å². The van der Waals surface area contributed by atoms with Gasteiger partial charge in [-0.25, -0.2) is 13.2 Å². The Morgan fingerprint density at radius 3 is 2.52 bits per heavy atom. The number of carbonyl (C=O) groups excluding carboxylic acids is 2. The molecule has 2 aromatic carbocycles. The average Bonchev–Trinajstić information content (AvgIpc) is 3.33. The van der Waals surface area contributed by atoms with Gasteiger partial charge in [0.25, 0.3) is 11.6 Å². The number of nitrogens with one attached hydrogen (secondary N) is 1. The van der Waals surface area contributed by atoms with E-state index in [1.54, 1.807) is 0 Å². The monoisotopic (exact) mass is 497 g/mol. The summed E-state index contributed by atoms with van der Waals surface area (Å²) in [6.45, 7) is -0.0192. The quantitative estimate of drug-likeness (QED) is 0.333. The van der Waals surface area contributed by atoms with E-state index >= 15 is 0 Å². The second-order valence-electron chi connectivity index (χ2n) is 7.02. The molecule has 0 unspecified atom stereocenters. The first-order valence-electron chi connectivity index (χ1n) is 9.72. The third kappa shape index (κ3) is 5.59. The molecule has 2 aromatic rings. The summed E-state index contributed by atoms with van der Waals surface area (Å²) in [6, 6.07) is 7.39. The van der Waals surface area contributed by atoms with E-state index in [0.717, 1.165) is 25.0 Å². The van der Waals surface area contributed by atoms with Gasteiger partial charge >= 0.3 is 5.97 Å². The van der Waals surface area contributed by atoms with Crippen molar-refractivity contribution in [1.82, 2.24) is 4.31 Å². The number of ether oxygens (including phenoxy) is 2. The van der Waals surface area contributed by atoms with Crippen molar-refractivity contribution in [2.45, 2.75) is 17.7 Å². The normalized spacial score (nSPS) is 14.0. The molecule has 0 atom stereocenters. The number of nitro groups is 1. The van der Waals surface area contributed by atoms with Crippen molar-refractivity contribution in [2.75, 3.05) is 32.1 Å². The summed E-state index contributed by atoms with van der Waals surface area (Å²) in [4.78, 5) is 34.8. The molecule has 1 N–H and O–H groups in total. The van der Waals surface area contributed by atoms with Crippen LogP contribution in [0.25, 0.3) is 0 Å². The third-order valence-corrected chi connectivity index (χ3v) is 7.00. The molecule has 176 valence electrons. The van der Waals surface area contributed by atoms with Crippen LogP contribution in [-0.4, -0.2) is 56.3 Å². The number of esters is 1.